The van der Waals surface area contributed by atoms with Crippen LogP contribution in [0.1, 0.15) is 0 Å². The van der Waals surface area contributed by atoms with E-state index in [1.165, 1.54) is 11.4 Å². The highest BCUT2D eigenvalue weighted by molar-refractivity contribution is 7.17. The van der Waals surface area contributed by atoms with Crippen molar-refractivity contribution in [2.45, 2.75) is 0 Å². The molecule has 3 nitrogen and oxygen atoms in total. The molecule has 1 heterocycles. The molecule has 0 aliphatic rings. The molecule has 1 aromatic heterocycles. The Balaban J connectivity index is 2.93. The summed E-state index contributed by atoms with van der Waals surface area (Å²) in [6, 6.07) is 1.93. The second-order valence-electron chi connectivity index (χ2n) is 2.61. The van der Waals surface area contributed by atoms with Crippen molar-refractivity contribution in [1.29, 1.82) is 0 Å². The number of halogens is 2. The molecule has 0 saturated carbocycles. The lowest BCUT2D eigenvalue weighted by molar-refractivity contribution is -0.385. The molecule has 0 amide bonds. The number of nitro groups is 1. The van der Waals surface area contributed by atoms with Crippen molar-refractivity contribution < 1.29 is 13.7 Å². The Morgan fingerprint density at radius 2 is 2.07 bits per heavy atom. The predicted molar refractivity (Wildman–Crippen MR) is 48.4 cm³/mol. The summed E-state index contributed by atoms with van der Waals surface area (Å²) >= 11 is 0.949. The zero-order valence-electron chi connectivity index (χ0n) is 6.66. The van der Waals surface area contributed by atoms with Crippen molar-refractivity contribution in [3.63, 3.8) is 0 Å². The van der Waals surface area contributed by atoms with E-state index in [4.69, 9.17) is 0 Å². The Hall–Kier alpha value is -1.56. The second-order valence-corrected chi connectivity index (χ2v) is 3.53. The van der Waals surface area contributed by atoms with Crippen molar-refractivity contribution in [3.8, 4) is 0 Å². The molecular formula is C8H3F2NO2S. The molecular weight excluding hydrogens is 212 g/mol. The lowest BCUT2D eigenvalue weighted by atomic mass is 10.2. The van der Waals surface area contributed by atoms with Crippen LogP contribution in [0, 0.1) is 21.7 Å². The highest BCUT2D eigenvalue weighted by Crippen LogP contribution is 2.34. The van der Waals surface area contributed by atoms with Crippen LogP contribution in [0.4, 0.5) is 14.5 Å². The molecule has 72 valence electrons. The van der Waals surface area contributed by atoms with Crippen molar-refractivity contribution >= 4 is 27.1 Å². The fourth-order valence-corrected chi connectivity index (χ4v) is 2.13. The highest BCUT2D eigenvalue weighted by Gasteiger charge is 2.22. The van der Waals surface area contributed by atoms with Crippen LogP contribution >= 0.6 is 11.3 Å². The summed E-state index contributed by atoms with van der Waals surface area (Å²) in [5.41, 5.74) is -0.656. The number of hydrogen-bond donors (Lipinski definition) is 0. The fraction of sp³-hybridized carbons (Fsp3) is 0. The van der Waals surface area contributed by atoms with Gasteiger partial charge in [-0.05, 0) is 11.4 Å². The van der Waals surface area contributed by atoms with Gasteiger partial charge in [-0.1, -0.05) is 0 Å². The SMILES string of the molecule is O=[N+]([O-])c1c(F)cc(F)c2ccsc12. The zero-order valence-corrected chi connectivity index (χ0v) is 7.48. The van der Waals surface area contributed by atoms with Gasteiger partial charge in [-0.3, -0.25) is 10.1 Å². The number of nitro benzene ring substituents is 1. The van der Waals surface area contributed by atoms with Crippen LogP contribution in [0.15, 0.2) is 17.5 Å². The monoisotopic (exact) mass is 215 g/mol. The third kappa shape index (κ3) is 1.15. The summed E-state index contributed by atoms with van der Waals surface area (Å²) in [5.74, 6) is -1.91. The first-order valence-corrected chi connectivity index (χ1v) is 4.49. The largest absolute Gasteiger partial charge is 0.322 e. The average Bonchev–Trinajstić information content (AvgIpc) is 2.51. The Morgan fingerprint density at radius 1 is 1.36 bits per heavy atom. The Bertz CT molecular complexity index is 523. The molecule has 14 heavy (non-hydrogen) atoms. The Kier molecular flexibility index (Phi) is 1.92. The van der Waals surface area contributed by atoms with E-state index in [0.29, 0.717) is 6.07 Å². The van der Waals surface area contributed by atoms with Gasteiger partial charge in [-0.15, -0.1) is 11.3 Å². The molecule has 0 unspecified atom stereocenters. The van der Waals surface area contributed by atoms with E-state index in [1.54, 1.807) is 0 Å². The van der Waals surface area contributed by atoms with E-state index in [9.17, 15) is 18.9 Å². The number of nitrogens with zero attached hydrogens (tertiary/aromatic N) is 1. The van der Waals surface area contributed by atoms with E-state index in [-0.39, 0.29) is 10.1 Å². The molecule has 2 rings (SSSR count). The minimum absolute atomic E-state index is 0.0347. The van der Waals surface area contributed by atoms with Gasteiger partial charge in [0.25, 0.3) is 0 Å². The number of benzene rings is 1. The molecule has 1 aromatic carbocycles. The first kappa shape index (κ1) is 9.01. The molecule has 0 bridgehead atoms. The van der Waals surface area contributed by atoms with Gasteiger partial charge >= 0.3 is 5.69 Å². The molecule has 0 radical (unpaired) electrons. The summed E-state index contributed by atoms with van der Waals surface area (Å²) in [6.45, 7) is 0. The van der Waals surface area contributed by atoms with E-state index in [0.717, 1.165) is 11.3 Å². The van der Waals surface area contributed by atoms with E-state index in [1.807, 2.05) is 0 Å². The maximum atomic E-state index is 13.1. The summed E-state index contributed by atoms with van der Waals surface area (Å²) in [7, 11) is 0. The maximum Gasteiger partial charge on any atom is 0.322 e. The molecule has 0 spiro atoms. The van der Waals surface area contributed by atoms with Crippen LogP contribution in [0.2, 0.25) is 0 Å². The van der Waals surface area contributed by atoms with Gasteiger partial charge in [0, 0.05) is 11.5 Å². The van der Waals surface area contributed by atoms with Gasteiger partial charge in [0.1, 0.15) is 10.5 Å². The number of rotatable bonds is 1. The maximum absolute atomic E-state index is 13.1. The van der Waals surface area contributed by atoms with E-state index in [2.05, 4.69) is 0 Å². The first-order chi connectivity index (χ1) is 6.61. The number of fused-ring (bicyclic) bond motifs is 1. The highest BCUT2D eigenvalue weighted by atomic mass is 32.1. The first-order valence-electron chi connectivity index (χ1n) is 3.61. The standard InChI is InChI=1S/C8H3F2NO2S/c9-5-3-6(10)7(11(12)13)8-4(5)1-2-14-8/h1-3H. The van der Waals surface area contributed by atoms with Gasteiger partial charge in [0.2, 0.25) is 5.82 Å². The smallest absolute Gasteiger partial charge is 0.258 e. The topological polar surface area (TPSA) is 43.1 Å². The third-order valence-corrected chi connectivity index (χ3v) is 2.72. The van der Waals surface area contributed by atoms with Gasteiger partial charge in [0.05, 0.1) is 4.92 Å². The lowest BCUT2D eigenvalue weighted by Gasteiger charge is -1.96. The third-order valence-electron chi connectivity index (χ3n) is 1.80. The number of thiophene rings is 1. The molecule has 2 aromatic rings. The molecule has 0 N–H and O–H groups in total. The quantitative estimate of drug-likeness (QED) is 0.542. The van der Waals surface area contributed by atoms with Gasteiger partial charge in [-0.2, -0.15) is 4.39 Å². The van der Waals surface area contributed by atoms with Crippen LogP contribution in [0.3, 0.4) is 0 Å². The minimum atomic E-state index is -1.14. The van der Waals surface area contributed by atoms with Crippen LogP contribution in [0.25, 0.3) is 10.1 Å². The summed E-state index contributed by atoms with van der Waals surface area (Å²) < 4.78 is 26.1. The summed E-state index contributed by atoms with van der Waals surface area (Å²) in [4.78, 5) is 9.66. The normalized spacial score (nSPS) is 10.7. The predicted octanol–water partition coefficient (Wildman–Crippen LogP) is 3.09. The summed E-state index contributed by atoms with van der Waals surface area (Å²) in [6.07, 6.45) is 0. The Morgan fingerprint density at radius 3 is 2.71 bits per heavy atom. The molecule has 0 aliphatic carbocycles. The van der Waals surface area contributed by atoms with Crippen LogP contribution in [-0.2, 0) is 0 Å². The summed E-state index contributed by atoms with van der Waals surface area (Å²) in [5, 5.41) is 12.1. The van der Waals surface area contributed by atoms with Gasteiger partial charge < -0.3 is 0 Å². The van der Waals surface area contributed by atoms with Crippen molar-refractivity contribution in [2.75, 3.05) is 0 Å². The molecule has 0 atom stereocenters. The molecule has 6 heteroatoms. The Labute approximate surface area is 80.7 Å². The minimum Gasteiger partial charge on any atom is -0.258 e. The van der Waals surface area contributed by atoms with Crippen LogP contribution < -0.4 is 0 Å². The van der Waals surface area contributed by atoms with Crippen LogP contribution in [-0.4, -0.2) is 4.92 Å². The molecule has 0 fully saturated rings. The second kappa shape index (κ2) is 2.98. The zero-order chi connectivity index (χ0) is 10.3. The van der Waals surface area contributed by atoms with E-state index >= 15 is 0 Å². The van der Waals surface area contributed by atoms with Crippen molar-refractivity contribution in [2.24, 2.45) is 0 Å². The van der Waals surface area contributed by atoms with Crippen molar-refractivity contribution in [1.82, 2.24) is 0 Å². The fourth-order valence-electron chi connectivity index (χ4n) is 1.22. The van der Waals surface area contributed by atoms with Gasteiger partial charge in [0.15, 0.2) is 0 Å². The molecule has 0 aliphatic heterocycles. The lowest BCUT2D eigenvalue weighted by Crippen LogP contribution is -1.93. The van der Waals surface area contributed by atoms with Crippen LogP contribution in [0.5, 0.6) is 0 Å². The molecule has 0 saturated heterocycles. The van der Waals surface area contributed by atoms with E-state index < -0.39 is 22.2 Å². The average molecular weight is 215 g/mol. The van der Waals surface area contributed by atoms with Crippen molar-refractivity contribution in [3.05, 3.63) is 39.3 Å². The van der Waals surface area contributed by atoms with Gasteiger partial charge in [-0.25, -0.2) is 4.39 Å². The number of hydrogen-bond acceptors (Lipinski definition) is 3.